The number of Topliss-reactive ketones (excluding diaryl/α,β-unsaturated/α-hetero) is 2. The summed E-state index contributed by atoms with van der Waals surface area (Å²) in [5.74, 6) is 0.0366. The Bertz CT molecular complexity index is 658. The number of hydrogen-bond donors (Lipinski definition) is 0. The monoisotopic (exact) mass is 270 g/mol. The van der Waals surface area contributed by atoms with Crippen molar-refractivity contribution >= 4 is 11.6 Å². The molecule has 4 rings (SSSR count). The summed E-state index contributed by atoms with van der Waals surface area (Å²) < 4.78 is 11.2. The van der Waals surface area contributed by atoms with E-state index in [1.165, 1.54) is 0 Å². The highest BCUT2D eigenvalue weighted by molar-refractivity contribution is 6.23. The van der Waals surface area contributed by atoms with Crippen LogP contribution in [0.15, 0.2) is 35.6 Å². The Kier molecular flexibility index (Phi) is 2.39. The Morgan fingerprint density at radius 2 is 1.90 bits per heavy atom. The molecule has 1 saturated heterocycles. The maximum atomic E-state index is 12.8. The van der Waals surface area contributed by atoms with Crippen molar-refractivity contribution in [3.63, 3.8) is 0 Å². The second-order valence-corrected chi connectivity index (χ2v) is 5.50. The van der Waals surface area contributed by atoms with Crippen LogP contribution < -0.4 is 0 Å². The van der Waals surface area contributed by atoms with Gasteiger partial charge in [0.2, 0.25) is 6.29 Å². The molecule has 3 atom stereocenters. The van der Waals surface area contributed by atoms with Gasteiger partial charge in [0.25, 0.3) is 0 Å². The molecule has 4 nitrogen and oxygen atoms in total. The van der Waals surface area contributed by atoms with Crippen LogP contribution in [0.2, 0.25) is 0 Å². The Labute approximate surface area is 116 Å². The number of ether oxygens (including phenoxy) is 2. The summed E-state index contributed by atoms with van der Waals surface area (Å²) in [7, 11) is 0. The highest BCUT2D eigenvalue weighted by Gasteiger charge is 2.51. The minimum atomic E-state index is -0.404. The van der Waals surface area contributed by atoms with Crippen molar-refractivity contribution in [2.75, 3.05) is 6.61 Å². The highest BCUT2D eigenvalue weighted by atomic mass is 16.7. The molecule has 1 aromatic carbocycles. The molecule has 2 aliphatic heterocycles. The number of hydrogen-bond acceptors (Lipinski definition) is 4. The predicted octanol–water partition coefficient (Wildman–Crippen LogP) is 2.35. The zero-order valence-corrected chi connectivity index (χ0v) is 11.1. The van der Waals surface area contributed by atoms with Crippen LogP contribution in [-0.2, 0) is 9.47 Å². The van der Waals surface area contributed by atoms with Crippen molar-refractivity contribution in [3.05, 3.63) is 46.7 Å². The molecule has 0 spiro atoms. The number of fused-ring (bicyclic) bond motifs is 4. The number of carbonyl (C=O) groups excluding carboxylic acids is 2. The van der Waals surface area contributed by atoms with Crippen molar-refractivity contribution in [2.45, 2.75) is 19.6 Å². The number of allylic oxidation sites excluding steroid dienone is 2. The van der Waals surface area contributed by atoms with Gasteiger partial charge in [-0.2, -0.15) is 0 Å². The molecule has 20 heavy (non-hydrogen) atoms. The van der Waals surface area contributed by atoms with Crippen LogP contribution in [0.4, 0.5) is 0 Å². The lowest BCUT2D eigenvalue weighted by molar-refractivity contribution is -0.117. The first-order valence-electron chi connectivity index (χ1n) is 6.85. The van der Waals surface area contributed by atoms with E-state index in [1.54, 1.807) is 31.2 Å². The molecule has 0 radical (unpaired) electrons. The van der Waals surface area contributed by atoms with Gasteiger partial charge in [-0.05, 0) is 13.3 Å². The van der Waals surface area contributed by atoms with E-state index in [2.05, 4.69) is 0 Å². The molecule has 1 fully saturated rings. The fourth-order valence-electron chi connectivity index (χ4n) is 3.53. The van der Waals surface area contributed by atoms with Gasteiger partial charge in [-0.3, -0.25) is 9.59 Å². The fraction of sp³-hybridized carbons (Fsp3) is 0.375. The predicted molar refractivity (Wildman–Crippen MR) is 70.2 cm³/mol. The third kappa shape index (κ3) is 1.40. The molecule has 0 unspecified atom stereocenters. The van der Waals surface area contributed by atoms with Gasteiger partial charge in [0.1, 0.15) is 5.76 Å². The van der Waals surface area contributed by atoms with Gasteiger partial charge in [0.15, 0.2) is 11.6 Å². The average molecular weight is 270 g/mol. The third-order valence-electron chi connectivity index (χ3n) is 4.46. The summed E-state index contributed by atoms with van der Waals surface area (Å²) in [6, 6.07) is 7.03. The van der Waals surface area contributed by atoms with E-state index in [-0.39, 0.29) is 23.8 Å². The lowest BCUT2D eigenvalue weighted by atomic mass is 9.70. The van der Waals surface area contributed by atoms with E-state index in [1.807, 2.05) is 0 Å². The van der Waals surface area contributed by atoms with Crippen LogP contribution in [0.1, 0.15) is 34.1 Å². The largest absolute Gasteiger partial charge is 0.469 e. The topological polar surface area (TPSA) is 52.6 Å². The summed E-state index contributed by atoms with van der Waals surface area (Å²) in [6.07, 6.45) is 0.374. The molecule has 0 aromatic heterocycles. The first-order valence-corrected chi connectivity index (χ1v) is 6.85. The first-order chi connectivity index (χ1) is 9.68. The molecule has 2 heterocycles. The third-order valence-corrected chi connectivity index (χ3v) is 4.46. The van der Waals surface area contributed by atoms with Gasteiger partial charge in [0, 0.05) is 22.6 Å². The number of rotatable bonds is 0. The molecule has 3 aliphatic rings. The molecule has 1 aliphatic carbocycles. The Morgan fingerprint density at radius 3 is 2.70 bits per heavy atom. The van der Waals surface area contributed by atoms with Crippen LogP contribution in [0, 0.1) is 11.8 Å². The lowest BCUT2D eigenvalue weighted by Gasteiger charge is -2.37. The molecule has 0 N–H and O–H groups in total. The maximum Gasteiger partial charge on any atom is 0.203 e. The molecule has 1 aromatic rings. The Balaban J connectivity index is 1.94. The average Bonchev–Trinajstić information content (AvgIpc) is 2.91. The van der Waals surface area contributed by atoms with Crippen LogP contribution in [0.25, 0.3) is 0 Å². The zero-order valence-electron chi connectivity index (χ0n) is 11.1. The number of ketones is 2. The van der Waals surface area contributed by atoms with Crippen molar-refractivity contribution in [1.29, 1.82) is 0 Å². The first kappa shape index (κ1) is 11.9. The second-order valence-electron chi connectivity index (χ2n) is 5.50. The molecule has 0 bridgehead atoms. The fourth-order valence-corrected chi connectivity index (χ4v) is 3.53. The molecule has 4 heteroatoms. The van der Waals surface area contributed by atoms with Gasteiger partial charge in [-0.25, -0.2) is 0 Å². The van der Waals surface area contributed by atoms with Crippen LogP contribution in [0.3, 0.4) is 0 Å². The van der Waals surface area contributed by atoms with E-state index in [0.717, 1.165) is 6.42 Å². The van der Waals surface area contributed by atoms with Crippen molar-refractivity contribution in [3.8, 4) is 0 Å². The van der Waals surface area contributed by atoms with Crippen LogP contribution in [-0.4, -0.2) is 24.5 Å². The SMILES string of the molecule is CC1=C2C(=O)c3ccccc3C(=O)[C@H]2[C@H]2CCO[C@H]2O1. The van der Waals surface area contributed by atoms with E-state index >= 15 is 0 Å². The lowest BCUT2D eigenvalue weighted by Crippen LogP contribution is -2.42. The Hall–Kier alpha value is -1.94. The van der Waals surface area contributed by atoms with Crippen LogP contribution >= 0.6 is 0 Å². The number of carbonyl (C=O) groups is 2. The summed E-state index contributed by atoms with van der Waals surface area (Å²) in [6.45, 7) is 2.33. The second kappa shape index (κ2) is 4.03. The van der Waals surface area contributed by atoms with E-state index in [9.17, 15) is 9.59 Å². The minimum absolute atomic E-state index is 0.0263. The summed E-state index contributed by atoms with van der Waals surface area (Å²) >= 11 is 0. The van der Waals surface area contributed by atoms with E-state index < -0.39 is 5.92 Å². The van der Waals surface area contributed by atoms with Gasteiger partial charge in [-0.1, -0.05) is 24.3 Å². The van der Waals surface area contributed by atoms with Crippen molar-refractivity contribution in [2.24, 2.45) is 11.8 Å². The maximum absolute atomic E-state index is 12.8. The molecular weight excluding hydrogens is 256 g/mol. The van der Waals surface area contributed by atoms with Gasteiger partial charge in [0.05, 0.1) is 12.5 Å². The van der Waals surface area contributed by atoms with Gasteiger partial charge < -0.3 is 9.47 Å². The molecular formula is C16H14O4. The van der Waals surface area contributed by atoms with Gasteiger partial charge in [-0.15, -0.1) is 0 Å². The van der Waals surface area contributed by atoms with Crippen molar-refractivity contribution < 1.29 is 19.1 Å². The normalized spacial score (nSPS) is 31.6. The highest BCUT2D eigenvalue weighted by Crippen LogP contribution is 2.45. The summed E-state index contributed by atoms with van der Waals surface area (Å²) in [5, 5.41) is 0. The van der Waals surface area contributed by atoms with Crippen molar-refractivity contribution in [1.82, 2.24) is 0 Å². The summed E-state index contributed by atoms with van der Waals surface area (Å²) in [4.78, 5) is 25.5. The smallest absolute Gasteiger partial charge is 0.203 e. The standard InChI is InChI=1S/C16H14O4/c1-8-12-13(11-6-7-19-16(11)20-8)15(18)10-5-3-2-4-9(10)14(12)17/h2-5,11,13,16H,6-7H2,1H3/t11-,13+,16+/m1/s1. The van der Waals surface area contributed by atoms with E-state index in [4.69, 9.17) is 9.47 Å². The summed E-state index contributed by atoms with van der Waals surface area (Å²) in [5.41, 5.74) is 1.55. The number of benzene rings is 1. The van der Waals surface area contributed by atoms with E-state index in [0.29, 0.717) is 29.1 Å². The molecule has 102 valence electrons. The Morgan fingerprint density at radius 1 is 1.15 bits per heavy atom. The molecule has 0 saturated carbocycles. The minimum Gasteiger partial charge on any atom is -0.469 e. The quantitative estimate of drug-likeness (QED) is 0.726. The van der Waals surface area contributed by atoms with Crippen LogP contribution in [0.5, 0.6) is 0 Å². The zero-order chi connectivity index (χ0) is 13.9. The molecule has 0 amide bonds. The van der Waals surface area contributed by atoms with Gasteiger partial charge >= 0.3 is 0 Å².